The smallest absolute Gasteiger partial charge is 0.314 e. The minimum absolute atomic E-state index is 0.183. The van der Waals surface area contributed by atoms with E-state index in [1.54, 1.807) is 6.20 Å². The monoisotopic (exact) mass is 382 g/mol. The molecule has 3 rings (SSSR count). The lowest BCUT2D eigenvalue weighted by molar-refractivity contribution is -0.145. The molecule has 1 aromatic heterocycles. The second-order valence-electron chi connectivity index (χ2n) is 5.20. The van der Waals surface area contributed by atoms with Crippen LogP contribution in [0.4, 0.5) is 0 Å². The highest BCUT2D eigenvalue weighted by Gasteiger charge is 2.44. The van der Waals surface area contributed by atoms with Crippen molar-refractivity contribution in [3.63, 3.8) is 0 Å². The average molecular weight is 383 g/mol. The average Bonchev–Trinajstić information content (AvgIpc) is 3.13. The van der Waals surface area contributed by atoms with Gasteiger partial charge in [-0.1, -0.05) is 39.2 Å². The van der Waals surface area contributed by atoms with Crippen LogP contribution in [-0.2, 0) is 20.7 Å². The Hall–Kier alpha value is -1.31. The summed E-state index contributed by atoms with van der Waals surface area (Å²) in [6.07, 6.45) is 1.74. The number of nitrogens with zero attached hydrogens (tertiary/aromatic N) is 1. The van der Waals surface area contributed by atoms with Crippen molar-refractivity contribution in [1.82, 2.24) is 9.97 Å². The number of halogens is 1. The number of hydrogen-bond acceptors (Lipinski definition) is 4. The van der Waals surface area contributed by atoms with Crippen LogP contribution in [0.5, 0.6) is 0 Å². The fourth-order valence-corrected chi connectivity index (χ4v) is 4.62. The third-order valence-corrected chi connectivity index (χ3v) is 5.81. The number of aromatic nitrogens is 2. The summed E-state index contributed by atoms with van der Waals surface area (Å²) in [4.78, 5) is 19.5. The number of carbonyl (C=O) groups is 1. The second kappa shape index (κ2) is 6.44. The van der Waals surface area contributed by atoms with E-state index in [2.05, 4.69) is 25.9 Å². The van der Waals surface area contributed by atoms with Gasteiger partial charge in [0.25, 0.3) is 0 Å². The van der Waals surface area contributed by atoms with E-state index in [0.29, 0.717) is 17.3 Å². The number of nitrogens with one attached hydrogen (secondary N) is 1. The van der Waals surface area contributed by atoms with Crippen LogP contribution in [0.25, 0.3) is 11.3 Å². The number of ether oxygens (including phenoxy) is 1. The third-order valence-electron chi connectivity index (χ3n) is 3.82. The number of esters is 1. The Morgan fingerprint density at radius 3 is 2.82 bits per heavy atom. The van der Waals surface area contributed by atoms with E-state index >= 15 is 0 Å². The highest BCUT2D eigenvalue weighted by Crippen LogP contribution is 2.34. The third kappa shape index (κ3) is 3.06. The summed E-state index contributed by atoms with van der Waals surface area (Å²) in [5.41, 5.74) is 1.89. The van der Waals surface area contributed by atoms with Gasteiger partial charge in [-0.05, 0) is 17.7 Å². The van der Waals surface area contributed by atoms with E-state index in [-0.39, 0.29) is 11.9 Å². The zero-order valence-electron chi connectivity index (χ0n) is 11.9. The lowest BCUT2D eigenvalue weighted by atomic mass is 9.95. The minimum atomic E-state index is -1.01. The summed E-state index contributed by atoms with van der Waals surface area (Å²) in [7, 11) is 1.36. The van der Waals surface area contributed by atoms with E-state index in [1.165, 1.54) is 7.11 Å². The Kier molecular flexibility index (Phi) is 4.56. The van der Waals surface area contributed by atoms with Crippen LogP contribution in [0, 0.1) is 5.92 Å². The van der Waals surface area contributed by atoms with Gasteiger partial charge >= 0.3 is 5.97 Å². The van der Waals surface area contributed by atoms with Crippen molar-refractivity contribution in [2.24, 2.45) is 5.92 Å². The molecule has 3 atom stereocenters. The van der Waals surface area contributed by atoms with Gasteiger partial charge < -0.3 is 14.3 Å². The Labute approximate surface area is 139 Å². The maximum atomic E-state index is 11.9. The molecule has 1 fully saturated rings. The minimum Gasteiger partial charge on any atom is -0.616 e. The highest BCUT2D eigenvalue weighted by molar-refractivity contribution is 9.10. The summed E-state index contributed by atoms with van der Waals surface area (Å²) in [6.45, 7) is 0. The lowest BCUT2D eigenvalue weighted by Crippen LogP contribution is -2.23. The molecule has 22 heavy (non-hydrogen) atoms. The van der Waals surface area contributed by atoms with E-state index < -0.39 is 17.1 Å². The maximum Gasteiger partial charge on any atom is 0.314 e. The summed E-state index contributed by atoms with van der Waals surface area (Å²) < 4.78 is 17.7. The zero-order valence-corrected chi connectivity index (χ0v) is 14.3. The molecule has 1 aromatic carbocycles. The first-order chi connectivity index (χ1) is 10.6. The summed E-state index contributed by atoms with van der Waals surface area (Å²) >= 11 is 2.39. The van der Waals surface area contributed by atoms with Crippen LogP contribution < -0.4 is 0 Å². The molecule has 0 aliphatic carbocycles. The van der Waals surface area contributed by atoms with Crippen LogP contribution in [-0.4, -0.2) is 39.1 Å². The van der Waals surface area contributed by atoms with Crippen LogP contribution in [0.2, 0.25) is 0 Å². The fourth-order valence-electron chi connectivity index (χ4n) is 2.66. The van der Waals surface area contributed by atoms with Crippen molar-refractivity contribution in [2.75, 3.05) is 18.6 Å². The quantitative estimate of drug-likeness (QED) is 0.653. The van der Waals surface area contributed by atoms with Gasteiger partial charge in [0.05, 0.1) is 24.9 Å². The van der Waals surface area contributed by atoms with Crippen LogP contribution in [0.15, 0.2) is 34.9 Å². The van der Waals surface area contributed by atoms with Crippen LogP contribution >= 0.6 is 15.9 Å². The molecule has 0 bridgehead atoms. The van der Waals surface area contributed by atoms with E-state index in [1.807, 2.05) is 24.3 Å². The van der Waals surface area contributed by atoms with Crippen LogP contribution in [0.3, 0.4) is 0 Å². The Balaban J connectivity index is 1.86. The molecule has 1 saturated heterocycles. The van der Waals surface area contributed by atoms with Crippen molar-refractivity contribution >= 4 is 33.1 Å². The first-order valence-corrected chi connectivity index (χ1v) is 9.10. The lowest BCUT2D eigenvalue weighted by Gasteiger charge is -2.11. The molecule has 1 N–H and O–H groups in total. The maximum absolute atomic E-state index is 11.9. The molecular formula is C15H15BrN2O3S. The van der Waals surface area contributed by atoms with Gasteiger partial charge in [0.2, 0.25) is 0 Å². The summed E-state index contributed by atoms with van der Waals surface area (Å²) in [5.74, 6) is 0.572. The molecule has 116 valence electrons. The number of aromatic amines is 1. The fraction of sp³-hybridized carbons (Fsp3) is 0.333. The zero-order chi connectivity index (χ0) is 15.7. The predicted octanol–water partition coefficient (Wildman–Crippen LogP) is 2.47. The van der Waals surface area contributed by atoms with Gasteiger partial charge in [-0.2, -0.15) is 0 Å². The van der Waals surface area contributed by atoms with Crippen LogP contribution in [0.1, 0.15) is 11.7 Å². The van der Waals surface area contributed by atoms with Crippen molar-refractivity contribution in [3.8, 4) is 11.3 Å². The molecule has 1 unspecified atom stereocenters. The number of hydrogen-bond donors (Lipinski definition) is 1. The van der Waals surface area contributed by atoms with E-state index in [4.69, 9.17) is 4.74 Å². The molecule has 0 radical (unpaired) electrons. The SMILES string of the molecule is COC(=O)[C@@H]1C[S+]([O-])C[C@H]1c1ncc(-c2ccc(Br)cc2)[nH]1. The summed E-state index contributed by atoms with van der Waals surface area (Å²) in [6, 6.07) is 7.87. The first-order valence-electron chi connectivity index (χ1n) is 6.82. The van der Waals surface area contributed by atoms with Gasteiger partial charge in [0, 0.05) is 4.47 Å². The number of benzene rings is 1. The van der Waals surface area contributed by atoms with Crippen molar-refractivity contribution < 1.29 is 14.1 Å². The molecule has 7 heteroatoms. The highest BCUT2D eigenvalue weighted by atomic mass is 79.9. The van der Waals surface area contributed by atoms with Gasteiger partial charge in [-0.15, -0.1) is 0 Å². The van der Waals surface area contributed by atoms with E-state index in [9.17, 15) is 9.35 Å². The van der Waals surface area contributed by atoms with Crippen molar-refractivity contribution in [1.29, 1.82) is 0 Å². The normalized spacial score (nSPS) is 24.4. The Bertz CT molecular complexity index is 674. The Morgan fingerprint density at radius 2 is 2.14 bits per heavy atom. The largest absolute Gasteiger partial charge is 0.616 e. The number of carbonyl (C=O) groups excluding carboxylic acids is 1. The number of imidazole rings is 1. The van der Waals surface area contributed by atoms with Gasteiger partial charge in [0.1, 0.15) is 23.2 Å². The molecule has 2 aromatic rings. The number of H-pyrrole nitrogens is 1. The first kappa shape index (κ1) is 15.6. The number of rotatable bonds is 3. The van der Waals surface area contributed by atoms with E-state index in [0.717, 1.165) is 15.7 Å². The second-order valence-corrected chi connectivity index (χ2v) is 7.66. The van der Waals surface area contributed by atoms with Crippen molar-refractivity contribution in [3.05, 3.63) is 40.8 Å². The van der Waals surface area contributed by atoms with Gasteiger partial charge in [-0.3, -0.25) is 4.79 Å². The molecule has 0 spiro atoms. The van der Waals surface area contributed by atoms with Gasteiger partial charge in [-0.25, -0.2) is 4.98 Å². The molecule has 1 aliphatic heterocycles. The molecule has 1 aliphatic rings. The molecule has 0 amide bonds. The van der Waals surface area contributed by atoms with Gasteiger partial charge in [0.15, 0.2) is 0 Å². The standard InChI is InChI=1S/C15H15BrN2O3S/c1-21-15(19)12-8-22(20)7-11(12)14-17-6-13(18-14)9-2-4-10(16)5-3-9/h2-6,11-12H,7-8H2,1H3,(H,17,18)/t11-,12-,22?/m1/s1. The molecular weight excluding hydrogens is 368 g/mol. The predicted molar refractivity (Wildman–Crippen MR) is 87.8 cm³/mol. The molecule has 0 saturated carbocycles. The molecule has 5 nitrogen and oxygen atoms in total. The van der Waals surface area contributed by atoms with Crippen molar-refractivity contribution in [2.45, 2.75) is 5.92 Å². The Morgan fingerprint density at radius 1 is 1.41 bits per heavy atom. The number of methoxy groups -OCH3 is 1. The molecule has 2 heterocycles. The summed E-state index contributed by atoms with van der Waals surface area (Å²) in [5, 5.41) is 0. The topological polar surface area (TPSA) is 78.0 Å².